The van der Waals surface area contributed by atoms with Crippen molar-refractivity contribution >= 4 is 6.09 Å². The highest BCUT2D eigenvalue weighted by Crippen LogP contribution is 2.41. The molecule has 2 aromatic rings. The van der Waals surface area contributed by atoms with Gasteiger partial charge in [-0.15, -0.1) is 5.10 Å². The van der Waals surface area contributed by atoms with Crippen LogP contribution in [0, 0.1) is 5.41 Å². The monoisotopic (exact) mass is 443 g/mol. The summed E-state index contributed by atoms with van der Waals surface area (Å²) in [6.07, 6.45) is 6.60. The van der Waals surface area contributed by atoms with Gasteiger partial charge < -0.3 is 19.6 Å². The summed E-state index contributed by atoms with van der Waals surface area (Å²) in [5, 5.41) is 21.7. The van der Waals surface area contributed by atoms with E-state index in [-0.39, 0.29) is 6.09 Å². The molecule has 4 heterocycles. The van der Waals surface area contributed by atoms with Crippen LogP contribution in [0.4, 0.5) is 4.79 Å². The Hall–Kier alpha value is -2.59. The number of hydrogen-bond donors (Lipinski definition) is 1. The van der Waals surface area contributed by atoms with Gasteiger partial charge in [-0.25, -0.2) is 9.78 Å². The van der Waals surface area contributed by atoms with Crippen molar-refractivity contribution in [3.05, 3.63) is 30.2 Å². The first-order valence-electron chi connectivity index (χ1n) is 11.3. The Morgan fingerprint density at radius 2 is 1.84 bits per heavy atom. The second-order valence-electron chi connectivity index (χ2n) is 9.99. The number of aromatic nitrogens is 5. The average molecular weight is 444 g/mol. The van der Waals surface area contributed by atoms with Crippen LogP contribution >= 0.6 is 0 Å². The minimum atomic E-state index is -0.589. The largest absolute Gasteiger partial charge is 0.444 e. The van der Waals surface area contributed by atoms with Crippen molar-refractivity contribution in [2.75, 3.05) is 32.7 Å². The lowest BCUT2D eigenvalue weighted by atomic mass is 9.71. The van der Waals surface area contributed by atoms with Crippen molar-refractivity contribution in [3.8, 4) is 5.82 Å². The Kier molecular flexibility index (Phi) is 6.43. The lowest BCUT2D eigenvalue weighted by Crippen LogP contribution is -2.49. The van der Waals surface area contributed by atoms with Gasteiger partial charge in [0.25, 0.3) is 0 Å². The fourth-order valence-electron chi connectivity index (χ4n) is 4.55. The van der Waals surface area contributed by atoms with Crippen molar-refractivity contribution in [2.45, 2.75) is 58.2 Å². The Balaban J connectivity index is 1.24. The molecule has 0 saturated carbocycles. The van der Waals surface area contributed by atoms with Crippen LogP contribution in [0.1, 0.15) is 58.1 Å². The van der Waals surface area contributed by atoms with Gasteiger partial charge in [-0.1, -0.05) is 6.07 Å². The summed E-state index contributed by atoms with van der Waals surface area (Å²) in [6, 6.07) is 3.67. The van der Waals surface area contributed by atoms with Crippen molar-refractivity contribution < 1.29 is 14.6 Å². The smallest absolute Gasteiger partial charge is 0.410 e. The summed E-state index contributed by atoms with van der Waals surface area (Å²) in [4.78, 5) is 20.8. The Morgan fingerprint density at radius 1 is 1.16 bits per heavy atom. The fourth-order valence-corrected chi connectivity index (χ4v) is 4.55. The quantitative estimate of drug-likeness (QED) is 0.766. The van der Waals surface area contributed by atoms with E-state index in [4.69, 9.17) is 4.74 Å². The van der Waals surface area contributed by atoms with Crippen molar-refractivity contribution in [3.63, 3.8) is 0 Å². The molecule has 2 fully saturated rings. The van der Waals surface area contributed by atoms with E-state index < -0.39 is 11.7 Å². The second-order valence-corrected chi connectivity index (χ2v) is 9.99. The predicted molar refractivity (Wildman–Crippen MR) is 117 cm³/mol. The van der Waals surface area contributed by atoms with Crippen molar-refractivity contribution in [1.29, 1.82) is 0 Å². The lowest BCUT2D eigenvalue weighted by molar-refractivity contribution is -0.00708. The molecule has 2 saturated heterocycles. The molecule has 174 valence electrons. The number of ether oxygens (including phenoxy) is 1. The molecular weight excluding hydrogens is 410 g/mol. The number of nitrogens with zero attached hydrogens (tertiary/aromatic N) is 7. The van der Waals surface area contributed by atoms with Crippen molar-refractivity contribution in [2.24, 2.45) is 5.41 Å². The SMILES string of the molecule is CC(C)(C)OC(=O)N1CCC2(CCN(C[C@H](O)c3ccc(-n4cnnn4)nc3)CC2)CC1. The van der Waals surface area contributed by atoms with E-state index in [1.807, 2.05) is 31.7 Å². The number of hydrogen-bond acceptors (Lipinski definition) is 8. The molecule has 2 aliphatic heterocycles. The maximum Gasteiger partial charge on any atom is 0.410 e. The van der Waals surface area contributed by atoms with Crippen LogP contribution in [0.15, 0.2) is 24.7 Å². The molecule has 0 unspecified atom stereocenters. The summed E-state index contributed by atoms with van der Waals surface area (Å²) in [5.41, 5.74) is 0.629. The third-order valence-corrected chi connectivity index (χ3v) is 6.56. The van der Waals surface area contributed by atoms with Crippen molar-refractivity contribution in [1.82, 2.24) is 35.0 Å². The highest BCUT2D eigenvalue weighted by Gasteiger charge is 2.39. The molecule has 32 heavy (non-hydrogen) atoms. The summed E-state index contributed by atoms with van der Waals surface area (Å²) >= 11 is 0. The molecule has 2 aromatic heterocycles. The van der Waals surface area contributed by atoms with Crippen LogP contribution in [-0.4, -0.2) is 84.5 Å². The van der Waals surface area contributed by atoms with E-state index in [1.165, 1.54) is 11.0 Å². The molecule has 1 spiro atoms. The zero-order chi connectivity index (χ0) is 22.8. The molecule has 0 bridgehead atoms. The van der Waals surface area contributed by atoms with Gasteiger partial charge in [0.2, 0.25) is 0 Å². The predicted octanol–water partition coefficient (Wildman–Crippen LogP) is 2.20. The van der Waals surface area contributed by atoms with E-state index in [1.54, 1.807) is 12.3 Å². The first kappa shape index (κ1) is 22.6. The van der Waals surface area contributed by atoms with Gasteiger partial charge in [-0.2, -0.15) is 4.68 Å². The topological polar surface area (TPSA) is 110 Å². The number of amides is 1. The van der Waals surface area contributed by atoms with E-state index in [0.29, 0.717) is 17.8 Å². The molecule has 0 aromatic carbocycles. The zero-order valence-electron chi connectivity index (χ0n) is 19.1. The van der Waals surface area contributed by atoms with Crippen LogP contribution < -0.4 is 0 Å². The zero-order valence-corrected chi connectivity index (χ0v) is 19.1. The van der Waals surface area contributed by atoms with Crippen LogP contribution in [-0.2, 0) is 4.74 Å². The molecule has 1 N–H and O–H groups in total. The Bertz CT molecular complexity index is 877. The van der Waals surface area contributed by atoms with E-state index in [9.17, 15) is 9.90 Å². The van der Waals surface area contributed by atoms with Crippen LogP contribution in [0.3, 0.4) is 0 Å². The lowest BCUT2D eigenvalue weighted by Gasteiger charge is -2.47. The van der Waals surface area contributed by atoms with Crippen LogP contribution in [0.2, 0.25) is 0 Å². The minimum absolute atomic E-state index is 0.201. The molecule has 10 heteroatoms. The third-order valence-electron chi connectivity index (χ3n) is 6.56. The fraction of sp³-hybridized carbons (Fsp3) is 0.682. The van der Waals surface area contributed by atoms with Crippen LogP contribution in [0.25, 0.3) is 5.82 Å². The first-order chi connectivity index (χ1) is 15.2. The van der Waals surface area contributed by atoms with E-state index in [0.717, 1.165) is 57.4 Å². The van der Waals surface area contributed by atoms with E-state index in [2.05, 4.69) is 25.4 Å². The van der Waals surface area contributed by atoms with Gasteiger partial charge in [0.05, 0.1) is 6.10 Å². The minimum Gasteiger partial charge on any atom is -0.444 e. The number of pyridine rings is 1. The maximum atomic E-state index is 12.3. The molecule has 1 atom stereocenters. The molecule has 0 radical (unpaired) electrons. The maximum absolute atomic E-state index is 12.3. The molecule has 10 nitrogen and oxygen atoms in total. The molecule has 2 aliphatic rings. The van der Waals surface area contributed by atoms with Gasteiger partial charge in [0.15, 0.2) is 5.82 Å². The first-order valence-corrected chi connectivity index (χ1v) is 11.3. The number of rotatable bonds is 4. The number of carbonyl (C=O) groups excluding carboxylic acids is 1. The summed E-state index contributed by atoms with van der Waals surface area (Å²) in [6.45, 7) is 9.73. The number of aliphatic hydroxyl groups excluding tert-OH is 1. The van der Waals surface area contributed by atoms with E-state index >= 15 is 0 Å². The standard InChI is InChI=1S/C22H33N7O3/c1-21(2,3)32-20(31)28-12-8-22(9-13-28)6-10-27(11-7-22)15-18(30)17-4-5-19(23-14-17)29-16-24-25-26-29/h4-5,14,16,18,30H,6-13,15H2,1-3H3/t18-/m0/s1. The number of likely N-dealkylation sites (tertiary alicyclic amines) is 2. The molecular formula is C22H33N7O3. The van der Waals surface area contributed by atoms with Crippen LogP contribution in [0.5, 0.6) is 0 Å². The summed E-state index contributed by atoms with van der Waals surface area (Å²) in [7, 11) is 0. The molecule has 0 aliphatic carbocycles. The highest BCUT2D eigenvalue weighted by atomic mass is 16.6. The summed E-state index contributed by atoms with van der Waals surface area (Å²) in [5.74, 6) is 0.614. The summed E-state index contributed by atoms with van der Waals surface area (Å²) < 4.78 is 7.00. The van der Waals surface area contributed by atoms with Gasteiger partial charge in [0.1, 0.15) is 11.9 Å². The number of tetrazole rings is 1. The number of carbonyl (C=O) groups is 1. The molecule has 1 amide bonds. The highest BCUT2D eigenvalue weighted by molar-refractivity contribution is 5.68. The second kappa shape index (κ2) is 9.11. The normalized spacial score (nSPS) is 20.3. The van der Waals surface area contributed by atoms with Gasteiger partial charge >= 0.3 is 6.09 Å². The Morgan fingerprint density at radius 3 is 2.41 bits per heavy atom. The molecule has 4 rings (SSSR count). The van der Waals surface area contributed by atoms with Gasteiger partial charge in [-0.05, 0) is 81.5 Å². The third kappa shape index (κ3) is 5.42. The average Bonchev–Trinajstić information content (AvgIpc) is 3.30. The van der Waals surface area contributed by atoms with Gasteiger partial charge in [0, 0.05) is 31.4 Å². The number of aliphatic hydroxyl groups is 1. The number of β-amino-alcohol motifs (C(OH)–C–C–N with tert-alkyl or cyclic N) is 1. The number of piperidine rings is 2. The Labute approximate surface area is 188 Å². The van der Waals surface area contributed by atoms with Gasteiger partial charge in [-0.3, -0.25) is 0 Å².